The van der Waals surface area contributed by atoms with Crippen molar-refractivity contribution in [1.82, 2.24) is 10.4 Å². The van der Waals surface area contributed by atoms with Crippen LogP contribution in [0.25, 0.3) is 0 Å². The molecular formula is C8H21N3. The molecular weight excluding hydrogens is 138 g/mol. The molecule has 0 aromatic heterocycles. The zero-order chi connectivity index (χ0) is 8.69. The summed E-state index contributed by atoms with van der Waals surface area (Å²) in [4.78, 5) is 0. The summed E-state index contributed by atoms with van der Waals surface area (Å²) in [7, 11) is 0. The molecule has 0 rings (SSSR count). The molecule has 0 aromatic rings. The van der Waals surface area contributed by atoms with Gasteiger partial charge in [0.15, 0.2) is 0 Å². The van der Waals surface area contributed by atoms with E-state index in [1.165, 1.54) is 0 Å². The lowest BCUT2D eigenvalue weighted by Crippen LogP contribution is -2.46. The largest absolute Gasteiger partial charge is 0.317 e. The van der Waals surface area contributed by atoms with Crippen LogP contribution >= 0.6 is 0 Å². The zero-order valence-corrected chi connectivity index (χ0v) is 7.93. The number of hydrogen-bond acceptors (Lipinski definition) is 3. The van der Waals surface area contributed by atoms with Crippen molar-refractivity contribution < 1.29 is 0 Å². The van der Waals surface area contributed by atoms with Gasteiger partial charge < -0.3 is 5.73 Å². The average molecular weight is 159 g/mol. The van der Waals surface area contributed by atoms with Gasteiger partial charge >= 0.3 is 0 Å². The molecule has 1 atom stereocenters. The van der Waals surface area contributed by atoms with Crippen LogP contribution in [-0.4, -0.2) is 24.3 Å². The minimum absolute atomic E-state index is 0.532. The lowest BCUT2D eigenvalue weighted by atomic mass is 10.2. The lowest BCUT2D eigenvalue weighted by molar-refractivity contribution is 0.132. The van der Waals surface area contributed by atoms with Crippen molar-refractivity contribution in [1.29, 1.82) is 0 Å². The van der Waals surface area contributed by atoms with Crippen LogP contribution in [0, 0.1) is 0 Å². The highest BCUT2D eigenvalue weighted by atomic mass is 15.5. The molecule has 0 aliphatic carbocycles. The van der Waals surface area contributed by atoms with Crippen molar-refractivity contribution in [3.05, 3.63) is 0 Å². The Balaban J connectivity index is 3.66. The Morgan fingerprint density at radius 1 is 1.45 bits per heavy atom. The molecule has 0 aromatic carbocycles. The molecule has 0 amide bonds. The molecule has 1 unspecified atom stereocenters. The monoisotopic (exact) mass is 159 g/mol. The number of hydrogen-bond donors (Lipinski definition) is 2. The minimum Gasteiger partial charge on any atom is -0.317 e. The van der Waals surface area contributed by atoms with Crippen molar-refractivity contribution in [3.8, 4) is 0 Å². The van der Waals surface area contributed by atoms with Gasteiger partial charge in [-0.2, -0.15) is 0 Å². The summed E-state index contributed by atoms with van der Waals surface area (Å²) in [6, 6.07) is 0.582. The number of nitrogens with zero attached hydrogens (tertiary/aromatic N) is 1. The van der Waals surface area contributed by atoms with E-state index < -0.39 is 0 Å². The van der Waals surface area contributed by atoms with Gasteiger partial charge in [0.25, 0.3) is 0 Å². The van der Waals surface area contributed by atoms with Gasteiger partial charge in [-0.15, -0.1) is 0 Å². The fourth-order valence-electron chi connectivity index (χ4n) is 1.03. The van der Waals surface area contributed by atoms with E-state index in [9.17, 15) is 0 Å². The molecule has 3 N–H and O–H groups in total. The Morgan fingerprint density at radius 2 is 2.09 bits per heavy atom. The Kier molecular flexibility index (Phi) is 6.51. The highest BCUT2D eigenvalue weighted by molar-refractivity contribution is 4.59. The third-order valence-electron chi connectivity index (χ3n) is 1.88. The predicted molar refractivity (Wildman–Crippen MR) is 48.9 cm³/mol. The Hall–Kier alpha value is -0.120. The first kappa shape index (κ1) is 10.9. The quantitative estimate of drug-likeness (QED) is 0.447. The summed E-state index contributed by atoms with van der Waals surface area (Å²) in [5, 5.41) is 2.21. The Labute approximate surface area is 69.9 Å². The maximum absolute atomic E-state index is 5.40. The summed E-state index contributed by atoms with van der Waals surface area (Å²) in [6.07, 6.45) is 2.32. The zero-order valence-electron chi connectivity index (χ0n) is 7.93. The van der Waals surface area contributed by atoms with Crippen LogP contribution in [-0.2, 0) is 0 Å². The van der Waals surface area contributed by atoms with Gasteiger partial charge in [-0.25, -0.2) is 10.4 Å². The predicted octanol–water partition coefficient (Wildman–Crippen LogP) is 0.918. The van der Waals surface area contributed by atoms with Crippen molar-refractivity contribution in [2.75, 3.05) is 13.2 Å². The van der Waals surface area contributed by atoms with E-state index in [0.717, 1.165) is 19.4 Å². The third-order valence-corrected chi connectivity index (χ3v) is 1.88. The second kappa shape index (κ2) is 6.58. The SMILES string of the molecule is CCCN(NCN)C(C)CC. The van der Waals surface area contributed by atoms with Crippen LogP contribution in [0.5, 0.6) is 0 Å². The first-order valence-electron chi connectivity index (χ1n) is 4.46. The fourth-order valence-corrected chi connectivity index (χ4v) is 1.03. The van der Waals surface area contributed by atoms with E-state index in [-0.39, 0.29) is 0 Å². The maximum Gasteiger partial charge on any atom is 0.0567 e. The minimum atomic E-state index is 0.532. The topological polar surface area (TPSA) is 41.3 Å². The summed E-state index contributed by atoms with van der Waals surface area (Å²) in [6.45, 7) is 8.17. The summed E-state index contributed by atoms with van der Waals surface area (Å²) < 4.78 is 0. The summed E-state index contributed by atoms with van der Waals surface area (Å²) in [5.41, 5.74) is 8.54. The van der Waals surface area contributed by atoms with Crippen molar-refractivity contribution in [3.63, 3.8) is 0 Å². The van der Waals surface area contributed by atoms with E-state index in [1.807, 2.05) is 0 Å². The van der Waals surface area contributed by atoms with E-state index >= 15 is 0 Å². The van der Waals surface area contributed by atoms with Crippen LogP contribution in [0.1, 0.15) is 33.6 Å². The Bertz CT molecular complexity index is 79.4. The highest BCUT2D eigenvalue weighted by Crippen LogP contribution is 1.99. The summed E-state index contributed by atoms with van der Waals surface area (Å²) >= 11 is 0. The molecule has 0 radical (unpaired) electrons. The lowest BCUT2D eigenvalue weighted by Gasteiger charge is -2.27. The van der Waals surface area contributed by atoms with Gasteiger partial charge in [0.1, 0.15) is 0 Å². The van der Waals surface area contributed by atoms with Gasteiger partial charge in [0.05, 0.1) is 6.67 Å². The van der Waals surface area contributed by atoms with Crippen LogP contribution in [0.4, 0.5) is 0 Å². The molecule has 0 saturated carbocycles. The normalized spacial score (nSPS) is 13.9. The standard InChI is InChI=1S/C8H21N3/c1-4-6-11(10-7-9)8(3)5-2/h8,10H,4-7,9H2,1-3H3. The van der Waals surface area contributed by atoms with Gasteiger partial charge in [0.2, 0.25) is 0 Å². The number of nitrogens with one attached hydrogen (secondary N) is 1. The van der Waals surface area contributed by atoms with Crippen LogP contribution in [0.2, 0.25) is 0 Å². The molecule has 0 saturated heterocycles. The number of hydrazine groups is 1. The molecule has 11 heavy (non-hydrogen) atoms. The molecule has 0 fully saturated rings. The molecule has 0 bridgehead atoms. The first-order chi connectivity index (χ1) is 5.26. The van der Waals surface area contributed by atoms with E-state index in [0.29, 0.717) is 12.7 Å². The molecule has 3 heteroatoms. The van der Waals surface area contributed by atoms with Crippen LogP contribution in [0.3, 0.4) is 0 Å². The van der Waals surface area contributed by atoms with E-state index in [1.54, 1.807) is 0 Å². The van der Waals surface area contributed by atoms with Gasteiger partial charge in [-0.05, 0) is 19.8 Å². The van der Waals surface area contributed by atoms with E-state index in [4.69, 9.17) is 5.73 Å². The van der Waals surface area contributed by atoms with Gasteiger partial charge in [-0.3, -0.25) is 0 Å². The fraction of sp³-hybridized carbons (Fsp3) is 1.00. The Morgan fingerprint density at radius 3 is 2.45 bits per heavy atom. The van der Waals surface area contributed by atoms with Crippen LogP contribution < -0.4 is 11.2 Å². The van der Waals surface area contributed by atoms with Crippen molar-refractivity contribution in [2.45, 2.75) is 39.7 Å². The highest BCUT2D eigenvalue weighted by Gasteiger charge is 2.08. The van der Waals surface area contributed by atoms with Crippen LogP contribution in [0.15, 0.2) is 0 Å². The molecule has 0 aliphatic rings. The van der Waals surface area contributed by atoms with Gasteiger partial charge in [0, 0.05) is 12.6 Å². The summed E-state index contributed by atoms with van der Waals surface area (Å²) in [5.74, 6) is 0. The second-order valence-electron chi connectivity index (χ2n) is 2.81. The molecule has 0 spiro atoms. The molecule has 0 heterocycles. The number of rotatable bonds is 6. The average Bonchev–Trinajstić information content (AvgIpc) is 2.03. The van der Waals surface area contributed by atoms with Crippen molar-refractivity contribution >= 4 is 0 Å². The molecule has 0 aliphatic heterocycles. The third kappa shape index (κ3) is 4.35. The molecule has 68 valence electrons. The maximum atomic E-state index is 5.40. The van der Waals surface area contributed by atoms with E-state index in [2.05, 4.69) is 31.2 Å². The van der Waals surface area contributed by atoms with Crippen molar-refractivity contribution in [2.24, 2.45) is 5.73 Å². The van der Waals surface area contributed by atoms with Gasteiger partial charge in [-0.1, -0.05) is 13.8 Å². The smallest absolute Gasteiger partial charge is 0.0567 e. The molecule has 3 nitrogen and oxygen atoms in total. The second-order valence-corrected chi connectivity index (χ2v) is 2.81. The first-order valence-corrected chi connectivity index (χ1v) is 4.46. The number of nitrogens with two attached hydrogens (primary N) is 1.